The molecule has 0 spiro atoms. The van der Waals surface area contributed by atoms with E-state index in [0.717, 1.165) is 37.8 Å². The highest BCUT2D eigenvalue weighted by Crippen LogP contribution is 2.37. The van der Waals surface area contributed by atoms with Crippen molar-refractivity contribution in [3.05, 3.63) is 64.7 Å². The van der Waals surface area contributed by atoms with Crippen molar-refractivity contribution in [3.63, 3.8) is 0 Å². The highest BCUT2D eigenvalue weighted by atomic mass is 19.1. The normalized spacial score (nSPS) is 13.6. The van der Waals surface area contributed by atoms with Gasteiger partial charge in [0.15, 0.2) is 0 Å². The van der Waals surface area contributed by atoms with Crippen LogP contribution < -0.4 is 15.8 Å². The lowest BCUT2D eigenvalue weighted by molar-refractivity contribution is 0.0947. The molecule has 1 fully saturated rings. The van der Waals surface area contributed by atoms with Gasteiger partial charge in [-0.2, -0.15) is 10.4 Å². The lowest BCUT2D eigenvalue weighted by Gasteiger charge is -2.11. The van der Waals surface area contributed by atoms with Gasteiger partial charge in [-0.15, -0.1) is 0 Å². The first kappa shape index (κ1) is 22.3. The van der Waals surface area contributed by atoms with Crippen LogP contribution in [0.15, 0.2) is 36.4 Å². The number of anilines is 1. The summed E-state index contributed by atoms with van der Waals surface area (Å²) in [6.45, 7) is -0.102. The molecule has 2 aromatic carbocycles. The molecule has 3 N–H and O–H groups in total. The number of nitrogens with one attached hydrogen (secondary N) is 1. The number of ether oxygens (including phenoxy) is 1. The molecule has 0 saturated heterocycles. The largest absolute Gasteiger partial charge is 0.496 e. The first-order valence-electron chi connectivity index (χ1n) is 10.6. The Morgan fingerprint density at radius 1 is 1.27 bits per heavy atom. The molecule has 1 aliphatic rings. The SMILES string of the molecule is COc1ccccc1C(=O)NCc1cc(F)c(-c2nn(C3CCCC3)c(N)c2C#N)c(F)c1. The average Bonchev–Trinajstić information content (AvgIpc) is 3.45. The number of benzene rings is 2. The van der Waals surface area contributed by atoms with Crippen molar-refractivity contribution in [2.45, 2.75) is 38.3 Å². The zero-order chi connectivity index (χ0) is 23.5. The van der Waals surface area contributed by atoms with Crippen LogP contribution in [0.3, 0.4) is 0 Å². The van der Waals surface area contributed by atoms with Gasteiger partial charge in [0.05, 0.1) is 24.3 Å². The third-order valence-corrected chi connectivity index (χ3v) is 5.87. The minimum Gasteiger partial charge on any atom is -0.496 e. The van der Waals surface area contributed by atoms with Crippen molar-refractivity contribution in [2.24, 2.45) is 0 Å². The van der Waals surface area contributed by atoms with Crippen LogP contribution in [0.1, 0.15) is 53.2 Å². The Labute approximate surface area is 189 Å². The fourth-order valence-corrected chi connectivity index (χ4v) is 4.22. The Bertz CT molecular complexity index is 1220. The van der Waals surface area contributed by atoms with E-state index in [1.165, 1.54) is 11.8 Å². The number of carbonyl (C=O) groups excluding carboxylic acids is 1. The van der Waals surface area contributed by atoms with Gasteiger partial charge in [0.2, 0.25) is 0 Å². The van der Waals surface area contributed by atoms with Crippen molar-refractivity contribution in [1.29, 1.82) is 5.26 Å². The summed E-state index contributed by atoms with van der Waals surface area (Å²) >= 11 is 0. The maximum atomic E-state index is 15.0. The number of nitrogen functional groups attached to an aromatic ring is 1. The molecule has 9 heteroatoms. The maximum Gasteiger partial charge on any atom is 0.255 e. The molecule has 1 saturated carbocycles. The van der Waals surface area contributed by atoms with Crippen LogP contribution in [0.2, 0.25) is 0 Å². The van der Waals surface area contributed by atoms with Gasteiger partial charge in [0.1, 0.15) is 40.5 Å². The molecule has 4 rings (SSSR count). The number of nitrogens with zero attached hydrogens (tertiary/aromatic N) is 3. The number of nitriles is 1. The molecule has 1 amide bonds. The third kappa shape index (κ3) is 4.24. The van der Waals surface area contributed by atoms with E-state index in [2.05, 4.69) is 10.4 Å². The van der Waals surface area contributed by atoms with Gasteiger partial charge in [0.25, 0.3) is 5.91 Å². The van der Waals surface area contributed by atoms with Crippen LogP contribution >= 0.6 is 0 Å². The van der Waals surface area contributed by atoms with Crippen LogP contribution in [0.4, 0.5) is 14.6 Å². The fraction of sp³-hybridized carbons (Fsp3) is 0.292. The molecule has 170 valence electrons. The first-order valence-corrected chi connectivity index (χ1v) is 10.6. The summed E-state index contributed by atoms with van der Waals surface area (Å²) < 4.78 is 36.7. The zero-order valence-electron chi connectivity index (χ0n) is 18.1. The van der Waals surface area contributed by atoms with E-state index in [9.17, 15) is 10.1 Å². The fourth-order valence-electron chi connectivity index (χ4n) is 4.22. The van der Waals surface area contributed by atoms with Gasteiger partial charge in [-0.1, -0.05) is 25.0 Å². The van der Waals surface area contributed by atoms with Gasteiger partial charge in [0, 0.05) is 6.54 Å². The molecule has 0 bridgehead atoms. The Morgan fingerprint density at radius 2 is 1.94 bits per heavy atom. The molecule has 1 aromatic heterocycles. The van der Waals surface area contributed by atoms with Crippen molar-refractivity contribution in [3.8, 4) is 23.1 Å². The molecule has 1 heterocycles. The highest BCUT2D eigenvalue weighted by Gasteiger charge is 2.28. The summed E-state index contributed by atoms with van der Waals surface area (Å²) in [5, 5.41) is 16.5. The molecule has 3 aromatic rings. The van der Waals surface area contributed by atoms with Crippen LogP contribution in [-0.4, -0.2) is 22.8 Å². The monoisotopic (exact) mass is 451 g/mol. The number of nitrogens with two attached hydrogens (primary N) is 1. The molecule has 33 heavy (non-hydrogen) atoms. The van der Waals surface area contributed by atoms with Crippen molar-refractivity contribution in [2.75, 3.05) is 12.8 Å². The summed E-state index contributed by atoms with van der Waals surface area (Å²) in [7, 11) is 1.45. The summed E-state index contributed by atoms with van der Waals surface area (Å²) in [5.41, 5.74) is 6.07. The van der Waals surface area contributed by atoms with E-state index in [-0.39, 0.29) is 35.2 Å². The predicted octanol–water partition coefficient (Wildman–Crippen LogP) is 4.34. The number of rotatable bonds is 6. The number of aromatic nitrogens is 2. The van der Waals surface area contributed by atoms with Crippen LogP contribution in [0.25, 0.3) is 11.3 Å². The number of amides is 1. The second kappa shape index (κ2) is 9.28. The Morgan fingerprint density at radius 3 is 2.58 bits per heavy atom. The van der Waals surface area contributed by atoms with Crippen molar-refractivity contribution < 1.29 is 18.3 Å². The van der Waals surface area contributed by atoms with Gasteiger partial charge < -0.3 is 15.8 Å². The number of methoxy groups -OCH3 is 1. The highest BCUT2D eigenvalue weighted by molar-refractivity contribution is 5.96. The summed E-state index contributed by atoms with van der Waals surface area (Å²) in [6.07, 6.45) is 3.73. The van der Waals surface area contributed by atoms with Crippen LogP contribution in [-0.2, 0) is 6.54 Å². The van der Waals surface area contributed by atoms with E-state index >= 15 is 8.78 Å². The third-order valence-electron chi connectivity index (χ3n) is 5.87. The Balaban J connectivity index is 1.60. The lowest BCUT2D eigenvalue weighted by atomic mass is 10.0. The second-order valence-electron chi connectivity index (χ2n) is 7.92. The van der Waals surface area contributed by atoms with Gasteiger partial charge >= 0.3 is 0 Å². The molecule has 0 radical (unpaired) electrons. The molecular weight excluding hydrogens is 428 g/mol. The molecule has 7 nitrogen and oxygen atoms in total. The van der Waals surface area contributed by atoms with E-state index in [1.807, 2.05) is 6.07 Å². The summed E-state index contributed by atoms with van der Waals surface area (Å²) in [4.78, 5) is 12.5. The van der Waals surface area contributed by atoms with E-state index in [0.29, 0.717) is 11.3 Å². The van der Waals surface area contributed by atoms with Gasteiger partial charge in [-0.05, 0) is 42.7 Å². The standard InChI is InChI=1S/C24H23F2N5O2/c1-33-20-9-5-4-8-16(20)24(32)29-13-14-10-18(25)21(19(26)11-14)22-17(12-27)23(28)31(30-22)15-6-2-3-7-15/h4-5,8-11,15H,2-3,6-7,13,28H2,1H3,(H,29,32). The maximum absolute atomic E-state index is 15.0. The van der Waals surface area contributed by atoms with Crippen LogP contribution in [0, 0.1) is 23.0 Å². The quantitative estimate of drug-likeness (QED) is 0.580. The van der Waals surface area contributed by atoms with Crippen LogP contribution in [0.5, 0.6) is 5.75 Å². The topological polar surface area (TPSA) is 106 Å². The minimum absolute atomic E-state index is 0.0152. The zero-order valence-corrected chi connectivity index (χ0v) is 18.1. The predicted molar refractivity (Wildman–Crippen MR) is 118 cm³/mol. The van der Waals surface area contributed by atoms with Crippen molar-refractivity contribution >= 4 is 11.7 Å². The molecule has 0 atom stereocenters. The average molecular weight is 451 g/mol. The summed E-state index contributed by atoms with van der Waals surface area (Å²) in [5.74, 6) is -1.70. The molecule has 0 aliphatic heterocycles. The number of hydrogen-bond donors (Lipinski definition) is 2. The summed E-state index contributed by atoms with van der Waals surface area (Å²) in [6, 6.07) is 10.8. The Hall–Kier alpha value is -3.93. The Kier molecular flexibility index (Phi) is 6.27. The molecule has 1 aliphatic carbocycles. The lowest BCUT2D eigenvalue weighted by Crippen LogP contribution is -2.23. The number of carbonyl (C=O) groups is 1. The number of hydrogen-bond acceptors (Lipinski definition) is 5. The minimum atomic E-state index is -0.885. The van der Waals surface area contributed by atoms with Gasteiger partial charge in [-0.3, -0.25) is 4.79 Å². The smallest absolute Gasteiger partial charge is 0.255 e. The number of para-hydroxylation sites is 1. The second-order valence-corrected chi connectivity index (χ2v) is 7.92. The van der Waals surface area contributed by atoms with E-state index in [1.54, 1.807) is 24.3 Å². The van der Waals surface area contributed by atoms with Crippen molar-refractivity contribution in [1.82, 2.24) is 15.1 Å². The molecule has 0 unspecified atom stereocenters. The molecular formula is C24H23F2N5O2. The first-order chi connectivity index (χ1) is 15.9. The number of halogens is 2. The van der Waals surface area contributed by atoms with E-state index < -0.39 is 23.1 Å². The van der Waals surface area contributed by atoms with Gasteiger partial charge in [-0.25, -0.2) is 13.5 Å². The van der Waals surface area contributed by atoms with E-state index in [4.69, 9.17) is 10.5 Å².